The fraction of sp³-hybridized carbons (Fsp3) is 0. The van der Waals surface area contributed by atoms with Crippen molar-refractivity contribution >= 4 is 44.7 Å². The minimum atomic E-state index is -0.541. The van der Waals surface area contributed by atoms with Crippen LogP contribution in [0.4, 0.5) is 26.4 Å². The molecule has 0 aliphatic rings. The Morgan fingerprint density at radius 3 is 2.64 bits per heavy atom. The molecular weight excluding hydrogens is 427 g/mol. The Hall–Kier alpha value is -3.46. The maximum Gasteiger partial charge on any atom is 0.323 e. The predicted molar refractivity (Wildman–Crippen MR) is 110 cm³/mol. The van der Waals surface area contributed by atoms with Gasteiger partial charge in [0.05, 0.1) is 5.69 Å². The average Bonchev–Trinajstić information content (AvgIpc) is 3.10. The molecule has 0 fully saturated rings. The highest BCUT2D eigenvalue weighted by molar-refractivity contribution is 9.10. The number of carbonyl (C=O) groups is 1. The fourth-order valence-electron chi connectivity index (χ4n) is 2.82. The minimum Gasteiger partial charge on any atom is -0.382 e. The molecule has 0 aliphatic carbocycles. The molecule has 4 rings (SSSR count). The van der Waals surface area contributed by atoms with Crippen molar-refractivity contribution in [3.05, 3.63) is 71.3 Å². The topological polar surface area (TPSA) is 97.3 Å². The number of nitrogens with two attached hydrogens (primary N) is 1. The van der Waals surface area contributed by atoms with E-state index in [1.54, 1.807) is 28.9 Å². The van der Waals surface area contributed by atoms with Gasteiger partial charge in [-0.1, -0.05) is 28.1 Å². The summed E-state index contributed by atoms with van der Waals surface area (Å²) in [4.78, 5) is 16.1. The summed E-state index contributed by atoms with van der Waals surface area (Å²) in [6.07, 6.45) is 3.20. The fourth-order valence-corrected chi connectivity index (χ4v) is 3.15. The molecule has 4 aromatic rings. The SMILES string of the molecule is Nc1ncnn2ccc(-c3ccc(NC(=O)Nc4ccc(Br)cc4F)cc3)c12. The number of hydrogen-bond acceptors (Lipinski definition) is 4. The molecule has 9 heteroatoms. The molecule has 4 N–H and O–H groups in total. The molecule has 0 bridgehead atoms. The normalized spacial score (nSPS) is 10.8. The Morgan fingerprint density at radius 2 is 1.89 bits per heavy atom. The van der Waals surface area contributed by atoms with Crippen LogP contribution < -0.4 is 16.4 Å². The zero-order valence-corrected chi connectivity index (χ0v) is 15.9. The molecule has 0 aliphatic heterocycles. The highest BCUT2D eigenvalue weighted by atomic mass is 79.9. The largest absolute Gasteiger partial charge is 0.382 e. The number of nitrogens with zero attached hydrogens (tertiary/aromatic N) is 3. The summed E-state index contributed by atoms with van der Waals surface area (Å²) in [7, 11) is 0. The van der Waals surface area contributed by atoms with E-state index in [0.717, 1.165) is 11.1 Å². The van der Waals surface area contributed by atoms with Crippen molar-refractivity contribution in [1.29, 1.82) is 0 Å². The molecule has 2 aromatic heterocycles. The molecular formula is C19H14BrFN6O. The van der Waals surface area contributed by atoms with Gasteiger partial charge in [0.15, 0.2) is 5.82 Å². The van der Waals surface area contributed by atoms with E-state index >= 15 is 0 Å². The number of urea groups is 1. The number of fused-ring (bicyclic) bond motifs is 1. The van der Waals surface area contributed by atoms with Gasteiger partial charge in [0.1, 0.15) is 17.7 Å². The average molecular weight is 441 g/mol. The van der Waals surface area contributed by atoms with Gasteiger partial charge in [0.25, 0.3) is 0 Å². The first kappa shape index (κ1) is 17.9. The number of anilines is 3. The molecule has 2 amide bonds. The molecule has 2 aromatic carbocycles. The summed E-state index contributed by atoms with van der Waals surface area (Å²) in [5.41, 5.74) is 9.10. The molecule has 0 unspecified atom stereocenters. The van der Waals surface area contributed by atoms with Crippen molar-refractivity contribution in [2.24, 2.45) is 0 Å². The molecule has 140 valence electrons. The molecule has 0 radical (unpaired) electrons. The summed E-state index contributed by atoms with van der Waals surface area (Å²) >= 11 is 3.17. The van der Waals surface area contributed by atoms with Crippen LogP contribution in [-0.4, -0.2) is 20.6 Å². The first-order chi connectivity index (χ1) is 13.5. The quantitative estimate of drug-likeness (QED) is 0.436. The summed E-state index contributed by atoms with van der Waals surface area (Å²) in [6, 6.07) is 12.9. The highest BCUT2D eigenvalue weighted by Crippen LogP contribution is 2.29. The number of carbonyl (C=O) groups excluding carboxylic acids is 1. The van der Waals surface area contributed by atoms with Gasteiger partial charge in [-0.05, 0) is 42.0 Å². The molecule has 0 spiro atoms. The van der Waals surface area contributed by atoms with Gasteiger partial charge in [0.2, 0.25) is 0 Å². The molecule has 0 atom stereocenters. The van der Waals surface area contributed by atoms with Crippen molar-refractivity contribution in [2.75, 3.05) is 16.4 Å². The van der Waals surface area contributed by atoms with E-state index in [1.807, 2.05) is 18.2 Å². The number of nitrogens with one attached hydrogen (secondary N) is 2. The summed E-state index contributed by atoms with van der Waals surface area (Å²) < 4.78 is 16.1. The van der Waals surface area contributed by atoms with E-state index in [0.29, 0.717) is 21.5 Å². The first-order valence-corrected chi connectivity index (χ1v) is 9.02. The van der Waals surface area contributed by atoms with Crippen LogP contribution in [0.1, 0.15) is 0 Å². The Labute approximate surface area is 167 Å². The number of halogens is 2. The number of rotatable bonds is 3. The number of amides is 2. The zero-order chi connectivity index (χ0) is 19.7. The molecule has 28 heavy (non-hydrogen) atoms. The van der Waals surface area contributed by atoms with Crippen molar-refractivity contribution in [2.45, 2.75) is 0 Å². The van der Waals surface area contributed by atoms with E-state index in [9.17, 15) is 9.18 Å². The number of nitrogen functional groups attached to an aromatic ring is 1. The van der Waals surface area contributed by atoms with Gasteiger partial charge >= 0.3 is 6.03 Å². The molecule has 2 heterocycles. The van der Waals surface area contributed by atoms with Gasteiger partial charge in [-0.2, -0.15) is 5.10 Å². The maximum atomic E-state index is 13.8. The van der Waals surface area contributed by atoms with Crippen molar-refractivity contribution in [1.82, 2.24) is 14.6 Å². The monoisotopic (exact) mass is 440 g/mol. The van der Waals surface area contributed by atoms with Crippen molar-refractivity contribution in [3.8, 4) is 11.1 Å². The smallest absolute Gasteiger partial charge is 0.323 e. The highest BCUT2D eigenvalue weighted by Gasteiger charge is 2.11. The maximum absolute atomic E-state index is 13.8. The Kier molecular flexibility index (Phi) is 4.66. The predicted octanol–water partition coefficient (Wildman–Crippen LogP) is 4.52. The van der Waals surface area contributed by atoms with Gasteiger partial charge in [0, 0.05) is 21.9 Å². The van der Waals surface area contributed by atoms with E-state index in [-0.39, 0.29) is 5.69 Å². The van der Waals surface area contributed by atoms with Crippen LogP contribution in [0.25, 0.3) is 16.6 Å². The Morgan fingerprint density at radius 1 is 1.11 bits per heavy atom. The minimum absolute atomic E-state index is 0.0908. The van der Waals surface area contributed by atoms with Crippen LogP contribution in [0, 0.1) is 5.82 Å². The molecule has 0 saturated heterocycles. The zero-order valence-electron chi connectivity index (χ0n) is 14.4. The van der Waals surface area contributed by atoms with Crippen LogP contribution in [0.15, 0.2) is 65.5 Å². The number of benzene rings is 2. The van der Waals surface area contributed by atoms with E-state index < -0.39 is 11.8 Å². The second-order valence-electron chi connectivity index (χ2n) is 5.95. The lowest BCUT2D eigenvalue weighted by molar-refractivity contribution is 0.262. The lowest BCUT2D eigenvalue weighted by Gasteiger charge is -2.09. The van der Waals surface area contributed by atoms with E-state index in [2.05, 4.69) is 36.6 Å². The Bertz CT molecular complexity index is 1170. The third-order valence-electron chi connectivity index (χ3n) is 4.12. The second kappa shape index (κ2) is 7.28. The molecule has 0 saturated carbocycles. The lowest BCUT2D eigenvalue weighted by Crippen LogP contribution is -2.20. The van der Waals surface area contributed by atoms with E-state index in [1.165, 1.54) is 18.5 Å². The Balaban J connectivity index is 1.51. The summed E-state index contributed by atoms with van der Waals surface area (Å²) in [5.74, 6) is -0.145. The second-order valence-corrected chi connectivity index (χ2v) is 6.86. The standard InChI is InChI=1S/C19H14BrFN6O/c20-12-3-6-16(15(21)9-12)26-19(28)25-13-4-1-11(2-5-13)14-7-8-27-17(14)18(22)23-10-24-27/h1-10H,(H2,22,23,24)(H2,25,26,28). The summed E-state index contributed by atoms with van der Waals surface area (Å²) in [5, 5.41) is 9.27. The van der Waals surface area contributed by atoms with Gasteiger partial charge in [-0.25, -0.2) is 18.7 Å². The number of hydrogen-bond donors (Lipinski definition) is 3. The van der Waals surface area contributed by atoms with Crippen molar-refractivity contribution < 1.29 is 9.18 Å². The summed E-state index contributed by atoms with van der Waals surface area (Å²) in [6.45, 7) is 0. The van der Waals surface area contributed by atoms with Crippen LogP contribution in [-0.2, 0) is 0 Å². The van der Waals surface area contributed by atoms with Gasteiger partial charge in [-0.15, -0.1) is 0 Å². The third kappa shape index (κ3) is 3.52. The third-order valence-corrected chi connectivity index (χ3v) is 4.61. The van der Waals surface area contributed by atoms with Crippen LogP contribution in [0.5, 0.6) is 0 Å². The first-order valence-electron chi connectivity index (χ1n) is 8.22. The van der Waals surface area contributed by atoms with Gasteiger partial charge in [-0.3, -0.25) is 0 Å². The van der Waals surface area contributed by atoms with Crippen molar-refractivity contribution in [3.63, 3.8) is 0 Å². The molecule has 7 nitrogen and oxygen atoms in total. The van der Waals surface area contributed by atoms with Crippen LogP contribution in [0.3, 0.4) is 0 Å². The van der Waals surface area contributed by atoms with Crippen LogP contribution >= 0.6 is 15.9 Å². The van der Waals surface area contributed by atoms with Gasteiger partial charge < -0.3 is 16.4 Å². The van der Waals surface area contributed by atoms with E-state index in [4.69, 9.17) is 5.73 Å². The lowest BCUT2D eigenvalue weighted by atomic mass is 10.1. The van der Waals surface area contributed by atoms with Crippen LogP contribution in [0.2, 0.25) is 0 Å². The number of aromatic nitrogens is 3.